The van der Waals surface area contributed by atoms with Gasteiger partial charge in [-0.2, -0.15) is 0 Å². The van der Waals surface area contributed by atoms with Gasteiger partial charge in [-0.05, 0) is 62.9 Å². The van der Waals surface area contributed by atoms with Gasteiger partial charge in [-0.25, -0.2) is 8.42 Å². The van der Waals surface area contributed by atoms with Gasteiger partial charge in [0.1, 0.15) is 12.6 Å². The largest absolute Gasteiger partial charge is 0.352 e. The Morgan fingerprint density at radius 2 is 1.68 bits per heavy atom. The lowest BCUT2D eigenvalue weighted by Gasteiger charge is -2.33. The fraction of sp³-hybridized carbons (Fsp3) is 0.481. The first-order valence-electron chi connectivity index (χ1n) is 12.5. The number of hydrogen-bond acceptors (Lipinski definition) is 4. The molecule has 37 heavy (non-hydrogen) atoms. The average Bonchev–Trinajstić information content (AvgIpc) is 2.83. The monoisotopic (exact) mass is 567 g/mol. The third kappa shape index (κ3) is 7.62. The Morgan fingerprint density at radius 1 is 1.05 bits per heavy atom. The van der Waals surface area contributed by atoms with Crippen LogP contribution in [0.5, 0.6) is 0 Å². The van der Waals surface area contributed by atoms with Crippen molar-refractivity contribution in [1.82, 2.24) is 10.2 Å². The van der Waals surface area contributed by atoms with Crippen LogP contribution in [0, 0.1) is 13.8 Å². The Morgan fingerprint density at radius 3 is 2.27 bits per heavy atom. The molecule has 1 fully saturated rings. The van der Waals surface area contributed by atoms with Crippen molar-refractivity contribution in [3.8, 4) is 0 Å². The highest BCUT2D eigenvalue weighted by molar-refractivity contribution is 7.92. The zero-order valence-corrected chi connectivity index (χ0v) is 24.1. The summed E-state index contributed by atoms with van der Waals surface area (Å²) in [6, 6.07) is 9.64. The molecule has 0 radical (unpaired) electrons. The second kappa shape index (κ2) is 12.5. The van der Waals surface area contributed by atoms with E-state index in [1.165, 1.54) is 4.90 Å². The Hall–Kier alpha value is -2.29. The molecule has 2 aromatic rings. The first kappa shape index (κ1) is 29.3. The van der Waals surface area contributed by atoms with Crippen molar-refractivity contribution in [1.29, 1.82) is 0 Å². The van der Waals surface area contributed by atoms with Crippen LogP contribution >= 0.6 is 23.2 Å². The number of carbonyl (C=O) groups excluding carboxylic acids is 2. The van der Waals surface area contributed by atoms with E-state index in [1.807, 2.05) is 19.1 Å². The molecule has 1 saturated carbocycles. The van der Waals surface area contributed by atoms with E-state index in [9.17, 15) is 18.0 Å². The van der Waals surface area contributed by atoms with Crippen molar-refractivity contribution in [2.45, 2.75) is 71.5 Å². The molecule has 10 heteroatoms. The molecule has 1 N–H and O–H groups in total. The Balaban J connectivity index is 1.95. The molecule has 2 aromatic carbocycles. The van der Waals surface area contributed by atoms with E-state index in [1.54, 1.807) is 38.1 Å². The van der Waals surface area contributed by atoms with Gasteiger partial charge in [0.05, 0.1) is 11.9 Å². The number of halogens is 2. The third-order valence-electron chi connectivity index (χ3n) is 6.82. The zero-order valence-electron chi connectivity index (χ0n) is 21.8. The highest BCUT2D eigenvalue weighted by atomic mass is 35.5. The lowest BCUT2D eigenvalue weighted by atomic mass is 9.95. The van der Waals surface area contributed by atoms with E-state index in [2.05, 4.69) is 5.32 Å². The van der Waals surface area contributed by atoms with Gasteiger partial charge < -0.3 is 10.2 Å². The Kier molecular flexibility index (Phi) is 9.89. The summed E-state index contributed by atoms with van der Waals surface area (Å²) in [7, 11) is -3.81. The first-order chi connectivity index (χ1) is 17.4. The van der Waals surface area contributed by atoms with Crippen molar-refractivity contribution < 1.29 is 18.0 Å². The maximum absolute atomic E-state index is 13.8. The Labute approximate surface area is 230 Å². The minimum atomic E-state index is -3.81. The van der Waals surface area contributed by atoms with Crippen LogP contribution in [0.1, 0.15) is 55.7 Å². The summed E-state index contributed by atoms with van der Waals surface area (Å²) in [5.41, 5.74) is 2.49. The lowest BCUT2D eigenvalue weighted by molar-refractivity contribution is -0.139. The second-order valence-corrected chi connectivity index (χ2v) is 12.5. The van der Waals surface area contributed by atoms with Gasteiger partial charge in [-0.3, -0.25) is 13.9 Å². The summed E-state index contributed by atoms with van der Waals surface area (Å²) in [5.74, 6) is -0.824. The van der Waals surface area contributed by atoms with Gasteiger partial charge in [0.15, 0.2) is 0 Å². The molecule has 0 heterocycles. The molecule has 1 atom stereocenters. The summed E-state index contributed by atoms with van der Waals surface area (Å²) >= 11 is 12.8. The highest BCUT2D eigenvalue weighted by Gasteiger charge is 2.32. The van der Waals surface area contributed by atoms with E-state index in [0.29, 0.717) is 26.9 Å². The van der Waals surface area contributed by atoms with E-state index in [-0.39, 0.29) is 18.5 Å². The van der Waals surface area contributed by atoms with E-state index >= 15 is 0 Å². The maximum Gasteiger partial charge on any atom is 0.244 e. The molecule has 7 nitrogen and oxygen atoms in total. The van der Waals surface area contributed by atoms with Crippen LogP contribution in [0.3, 0.4) is 0 Å². The second-order valence-electron chi connectivity index (χ2n) is 9.80. The van der Waals surface area contributed by atoms with Gasteiger partial charge >= 0.3 is 0 Å². The highest BCUT2D eigenvalue weighted by Crippen LogP contribution is 2.28. The molecule has 0 bridgehead atoms. The number of nitrogens with one attached hydrogen (secondary N) is 1. The van der Waals surface area contributed by atoms with Crippen molar-refractivity contribution in [3.63, 3.8) is 0 Å². The predicted octanol–water partition coefficient (Wildman–Crippen LogP) is 5.24. The number of hydrogen-bond donors (Lipinski definition) is 1. The summed E-state index contributed by atoms with van der Waals surface area (Å²) in [6.45, 7) is 4.78. The number of nitrogens with zero attached hydrogens (tertiary/aromatic N) is 2. The molecule has 0 aromatic heterocycles. The van der Waals surface area contributed by atoms with Crippen LogP contribution in [-0.4, -0.2) is 50.0 Å². The van der Waals surface area contributed by atoms with Crippen molar-refractivity contribution in [2.24, 2.45) is 0 Å². The number of aryl methyl sites for hydroxylation is 2. The minimum Gasteiger partial charge on any atom is -0.352 e. The van der Waals surface area contributed by atoms with Gasteiger partial charge in [-0.15, -0.1) is 0 Å². The maximum atomic E-state index is 13.8. The third-order valence-corrected chi connectivity index (χ3v) is 8.66. The molecular formula is C27H35Cl2N3O4S. The molecule has 0 spiro atoms. The average molecular weight is 569 g/mol. The number of benzene rings is 2. The number of sulfonamides is 1. The molecule has 2 amide bonds. The summed E-state index contributed by atoms with van der Waals surface area (Å²) in [5, 5.41) is 3.79. The molecule has 202 valence electrons. The van der Waals surface area contributed by atoms with Gasteiger partial charge in [0.25, 0.3) is 0 Å². The lowest BCUT2D eigenvalue weighted by Crippen LogP contribution is -2.53. The van der Waals surface area contributed by atoms with E-state index < -0.39 is 28.5 Å². The molecule has 3 rings (SSSR count). The van der Waals surface area contributed by atoms with E-state index in [4.69, 9.17) is 23.2 Å². The van der Waals surface area contributed by atoms with Crippen LogP contribution in [-0.2, 0) is 26.2 Å². The Bertz CT molecular complexity index is 1230. The zero-order chi connectivity index (χ0) is 27.3. The molecule has 0 unspecified atom stereocenters. The summed E-state index contributed by atoms with van der Waals surface area (Å²) in [4.78, 5) is 28.4. The molecular weight excluding hydrogens is 533 g/mol. The molecule has 1 aliphatic rings. The van der Waals surface area contributed by atoms with Gasteiger partial charge in [0, 0.05) is 28.2 Å². The number of anilines is 1. The molecule has 1 aliphatic carbocycles. The summed E-state index contributed by atoms with van der Waals surface area (Å²) in [6.07, 6.45) is 6.12. The fourth-order valence-electron chi connectivity index (χ4n) is 4.59. The smallest absolute Gasteiger partial charge is 0.244 e. The van der Waals surface area contributed by atoms with Gasteiger partial charge in [0.2, 0.25) is 21.8 Å². The number of amides is 2. The van der Waals surface area contributed by atoms with Crippen LogP contribution in [0.15, 0.2) is 36.4 Å². The quantitative estimate of drug-likeness (QED) is 0.448. The van der Waals surface area contributed by atoms with Crippen molar-refractivity contribution in [3.05, 3.63) is 63.1 Å². The first-order valence-corrected chi connectivity index (χ1v) is 15.1. The SMILES string of the molecule is Cc1ccc(C)c(N(CC(=O)N(Cc2c(Cl)cccc2Cl)[C@@H](C)C(=O)NC2CCCCC2)S(C)(=O)=O)c1. The molecule has 0 aliphatic heterocycles. The fourth-order valence-corrected chi connectivity index (χ4v) is 6.00. The standard InChI is InChI=1S/C27H35Cl2N3O4S/c1-18-13-14-19(2)25(15-18)32(37(4,35)36)17-26(33)31(16-22-23(28)11-8-12-24(22)29)20(3)27(34)30-21-9-6-5-7-10-21/h8,11-15,20-21H,5-7,9-10,16-17H2,1-4H3,(H,30,34)/t20-/m0/s1. The van der Waals surface area contributed by atoms with E-state index in [0.717, 1.165) is 48.2 Å². The van der Waals surface area contributed by atoms with Crippen molar-refractivity contribution in [2.75, 3.05) is 17.1 Å². The number of rotatable bonds is 9. The van der Waals surface area contributed by atoms with Crippen LogP contribution in [0.2, 0.25) is 10.0 Å². The minimum absolute atomic E-state index is 0.0407. The number of carbonyl (C=O) groups is 2. The summed E-state index contributed by atoms with van der Waals surface area (Å²) < 4.78 is 26.7. The molecule has 0 saturated heterocycles. The van der Waals surface area contributed by atoms with Crippen molar-refractivity contribution >= 4 is 50.7 Å². The normalized spacial score (nSPS) is 15.2. The van der Waals surface area contributed by atoms with Gasteiger partial charge in [-0.1, -0.05) is 60.7 Å². The van der Waals surface area contributed by atoms with Crippen LogP contribution in [0.4, 0.5) is 5.69 Å². The predicted molar refractivity (Wildman–Crippen MR) is 150 cm³/mol. The topological polar surface area (TPSA) is 86.8 Å². The van der Waals surface area contributed by atoms with Crippen LogP contribution < -0.4 is 9.62 Å². The van der Waals surface area contributed by atoms with Crippen LogP contribution in [0.25, 0.3) is 0 Å².